The number of nitrogens with one attached hydrogen (secondary N) is 1. The lowest BCUT2D eigenvalue weighted by molar-refractivity contribution is 0.0928. The zero-order valence-electron chi connectivity index (χ0n) is 15.1. The summed E-state index contributed by atoms with van der Waals surface area (Å²) >= 11 is 1.43. The highest BCUT2D eigenvalue weighted by Crippen LogP contribution is 2.23. The fraction of sp³-hybridized carbons (Fsp3) is 0.0952. The van der Waals surface area contributed by atoms with E-state index in [4.69, 9.17) is 4.42 Å². The third-order valence-corrected chi connectivity index (χ3v) is 5.45. The van der Waals surface area contributed by atoms with Crippen molar-refractivity contribution < 1.29 is 13.6 Å². The van der Waals surface area contributed by atoms with E-state index in [0.717, 1.165) is 11.1 Å². The summed E-state index contributed by atoms with van der Waals surface area (Å²) in [6.45, 7) is 0.413. The molecule has 0 fully saturated rings. The van der Waals surface area contributed by atoms with E-state index in [2.05, 4.69) is 15.4 Å². The van der Waals surface area contributed by atoms with Gasteiger partial charge in [0.15, 0.2) is 11.6 Å². The van der Waals surface area contributed by atoms with Crippen molar-refractivity contribution in [3.05, 3.63) is 77.2 Å². The van der Waals surface area contributed by atoms with E-state index in [0.29, 0.717) is 34.9 Å². The SMILES string of the molecule is O=C(NCCc1csc2nc(-c3ccccc3F)nn12)c1cc2ccccc2o1. The van der Waals surface area contributed by atoms with Crippen LogP contribution in [0.15, 0.2) is 64.4 Å². The number of hydrogen-bond acceptors (Lipinski definition) is 5. The smallest absolute Gasteiger partial charge is 0.287 e. The average Bonchev–Trinajstić information content (AvgIpc) is 3.43. The molecule has 29 heavy (non-hydrogen) atoms. The van der Waals surface area contributed by atoms with Gasteiger partial charge in [0.1, 0.15) is 11.4 Å². The van der Waals surface area contributed by atoms with Crippen LogP contribution in [-0.4, -0.2) is 27.0 Å². The number of aromatic nitrogens is 3. The Bertz CT molecular complexity index is 1300. The molecule has 8 heteroatoms. The maximum Gasteiger partial charge on any atom is 0.287 e. The Hall–Kier alpha value is -3.52. The van der Waals surface area contributed by atoms with Gasteiger partial charge in [-0.3, -0.25) is 4.79 Å². The van der Waals surface area contributed by atoms with E-state index in [1.165, 1.54) is 17.4 Å². The normalized spacial score (nSPS) is 11.3. The predicted octanol–water partition coefficient (Wildman–Crippen LogP) is 4.32. The number of hydrogen-bond donors (Lipinski definition) is 1. The van der Waals surface area contributed by atoms with E-state index >= 15 is 0 Å². The molecule has 0 bridgehead atoms. The number of amides is 1. The standard InChI is InChI=1S/C21H15FN4O2S/c22-16-7-3-2-6-15(16)19-24-21-26(25-19)14(12-29-21)9-10-23-20(27)18-11-13-5-1-4-8-17(13)28-18/h1-8,11-12H,9-10H2,(H,23,27). The summed E-state index contributed by atoms with van der Waals surface area (Å²) in [5.41, 5.74) is 1.94. The highest BCUT2D eigenvalue weighted by molar-refractivity contribution is 7.15. The first kappa shape index (κ1) is 17.6. The van der Waals surface area contributed by atoms with Crippen molar-refractivity contribution in [3.63, 3.8) is 0 Å². The number of benzene rings is 2. The molecule has 2 aromatic carbocycles. The van der Waals surface area contributed by atoms with Crippen LogP contribution in [0.2, 0.25) is 0 Å². The summed E-state index contributed by atoms with van der Waals surface area (Å²) in [4.78, 5) is 17.4. The lowest BCUT2D eigenvalue weighted by atomic mass is 10.2. The van der Waals surface area contributed by atoms with Crippen molar-refractivity contribution in [2.24, 2.45) is 0 Å². The van der Waals surface area contributed by atoms with Gasteiger partial charge in [-0.05, 0) is 24.3 Å². The number of halogens is 1. The van der Waals surface area contributed by atoms with Crippen LogP contribution in [0.25, 0.3) is 27.3 Å². The highest BCUT2D eigenvalue weighted by atomic mass is 32.1. The molecule has 0 aliphatic rings. The van der Waals surface area contributed by atoms with E-state index < -0.39 is 0 Å². The zero-order valence-corrected chi connectivity index (χ0v) is 15.9. The molecule has 0 saturated carbocycles. The van der Waals surface area contributed by atoms with Gasteiger partial charge in [-0.15, -0.1) is 16.4 Å². The number of carbonyl (C=O) groups is 1. The lowest BCUT2D eigenvalue weighted by Crippen LogP contribution is -2.25. The second-order valence-corrected chi connectivity index (χ2v) is 7.33. The summed E-state index contributed by atoms with van der Waals surface area (Å²) in [5, 5.41) is 10.1. The summed E-state index contributed by atoms with van der Waals surface area (Å²) in [5.74, 6) is 0.00971. The molecule has 0 atom stereocenters. The second kappa shape index (κ2) is 7.14. The quantitative estimate of drug-likeness (QED) is 0.472. The summed E-state index contributed by atoms with van der Waals surface area (Å²) in [6, 6.07) is 15.6. The second-order valence-electron chi connectivity index (χ2n) is 6.49. The summed E-state index contributed by atoms with van der Waals surface area (Å²) < 4.78 is 21.3. The number of para-hydroxylation sites is 1. The van der Waals surface area contributed by atoms with Crippen molar-refractivity contribution in [2.45, 2.75) is 6.42 Å². The number of fused-ring (bicyclic) bond motifs is 2. The third kappa shape index (κ3) is 3.27. The Morgan fingerprint density at radius 2 is 2.00 bits per heavy atom. The van der Waals surface area contributed by atoms with Gasteiger partial charge < -0.3 is 9.73 Å². The fourth-order valence-corrected chi connectivity index (χ4v) is 3.99. The van der Waals surface area contributed by atoms with Crippen molar-refractivity contribution in [1.29, 1.82) is 0 Å². The summed E-state index contributed by atoms with van der Waals surface area (Å²) in [6.07, 6.45) is 0.562. The Morgan fingerprint density at radius 1 is 1.17 bits per heavy atom. The molecule has 3 heterocycles. The van der Waals surface area contributed by atoms with Gasteiger partial charge in [0.2, 0.25) is 4.96 Å². The van der Waals surface area contributed by atoms with Crippen LogP contribution in [0, 0.1) is 5.82 Å². The fourth-order valence-electron chi connectivity index (χ4n) is 3.14. The molecule has 0 spiro atoms. The number of nitrogens with zero attached hydrogens (tertiary/aromatic N) is 3. The monoisotopic (exact) mass is 406 g/mol. The molecule has 1 N–H and O–H groups in total. The average molecular weight is 406 g/mol. The van der Waals surface area contributed by atoms with Crippen LogP contribution in [0.5, 0.6) is 0 Å². The number of furan rings is 1. The first-order valence-electron chi connectivity index (χ1n) is 9.04. The molecule has 1 amide bonds. The van der Waals surface area contributed by atoms with Gasteiger partial charge >= 0.3 is 0 Å². The molecular formula is C21H15FN4O2S. The van der Waals surface area contributed by atoms with Crippen LogP contribution in [-0.2, 0) is 6.42 Å². The van der Waals surface area contributed by atoms with Gasteiger partial charge in [0.05, 0.1) is 11.3 Å². The topological polar surface area (TPSA) is 72.4 Å². The molecule has 6 nitrogen and oxygen atoms in total. The van der Waals surface area contributed by atoms with Crippen LogP contribution in [0.4, 0.5) is 4.39 Å². The van der Waals surface area contributed by atoms with E-state index in [-0.39, 0.29) is 17.5 Å². The van der Waals surface area contributed by atoms with Gasteiger partial charge in [0.25, 0.3) is 5.91 Å². The van der Waals surface area contributed by atoms with Gasteiger partial charge in [-0.25, -0.2) is 8.91 Å². The Kier molecular flexibility index (Phi) is 4.33. The zero-order chi connectivity index (χ0) is 19.8. The predicted molar refractivity (Wildman–Crippen MR) is 109 cm³/mol. The molecule has 5 rings (SSSR count). The van der Waals surface area contributed by atoms with Crippen LogP contribution in [0.1, 0.15) is 16.2 Å². The lowest BCUT2D eigenvalue weighted by Gasteiger charge is -2.02. The maximum absolute atomic E-state index is 14.0. The van der Waals surface area contributed by atoms with E-state index in [1.54, 1.807) is 28.8 Å². The van der Waals surface area contributed by atoms with Crippen molar-refractivity contribution >= 4 is 33.2 Å². The molecule has 3 aromatic heterocycles. The minimum atomic E-state index is -0.356. The van der Waals surface area contributed by atoms with Crippen LogP contribution >= 0.6 is 11.3 Å². The van der Waals surface area contributed by atoms with Crippen molar-refractivity contribution in [1.82, 2.24) is 19.9 Å². The highest BCUT2D eigenvalue weighted by Gasteiger charge is 2.15. The number of thiazole rings is 1. The van der Waals surface area contributed by atoms with E-state index in [9.17, 15) is 9.18 Å². The molecular weight excluding hydrogens is 391 g/mol. The Labute approximate surface area is 168 Å². The molecule has 144 valence electrons. The minimum Gasteiger partial charge on any atom is -0.451 e. The van der Waals surface area contributed by atoms with E-state index in [1.807, 2.05) is 29.6 Å². The molecule has 0 aliphatic carbocycles. The Balaban J connectivity index is 1.29. The van der Waals surface area contributed by atoms with Gasteiger partial charge in [-0.2, -0.15) is 4.98 Å². The van der Waals surface area contributed by atoms with Crippen molar-refractivity contribution in [2.75, 3.05) is 6.54 Å². The first-order valence-corrected chi connectivity index (χ1v) is 9.92. The molecule has 0 saturated heterocycles. The first-order chi connectivity index (χ1) is 14.2. The van der Waals surface area contributed by atoms with Gasteiger partial charge in [-0.1, -0.05) is 30.3 Å². The minimum absolute atomic E-state index is 0.265. The van der Waals surface area contributed by atoms with Crippen molar-refractivity contribution in [3.8, 4) is 11.4 Å². The molecule has 5 aromatic rings. The van der Waals surface area contributed by atoms with Crippen LogP contribution < -0.4 is 5.32 Å². The molecule has 0 radical (unpaired) electrons. The Morgan fingerprint density at radius 3 is 2.86 bits per heavy atom. The number of rotatable bonds is 5. The molecule has 0 unspecified atom stereocenters. The number of carbonyl (C=O) groups excluding carboxylic acids is 1. The van der Waals surface area contributed by atoms with Crippen LogP contribution in [0.3, 0.4) is 0 Å². The maximum atomic E-state index is 14.0. The third-order valence-electron chi connectivity index (χ3n) is 4.58. The summed E-state index contributed by atoms with van der Waals surface area (Å²) in [7, 11) is 0. The molecule has 0 aliphatic heterocycles. The van der Waals surface area contributed by atoms with Gasteiger partial charge in [0, 0.05) is 23.7 Å². The largest absolute Gasteiger partial charge is 0.451 e.